The summed E-state index contributed by atoms with van der Waals surface area (Å²) in [6, 6.07) is 8.47. The lowest BCUT2D eigenvalue weighted by molar-refractivity contribution is 0.404. The maximum absolute atomic E-state index is 5.95. The Morgan fingerprint density at radius 3 is 2.62 bits per heavy atom. The summed E-state index contributed by atoms with van der Waals surface area (Å²) >= 11 is 5.95. The first kappa shape index (κ1) is 13.3. The lowest BCUT2D eigenvalue weighted by Gasteiger charge is -2.16. The van der Waals surface area contributed by atoms with Crippen LogP contribution in [0.25, 0.3) is 0 Å². The van der Waals surface area contributed by atoms with Gasteiger partial charge in [-0.05, 0) is 26.3 Å². The van der Waals surface area contributed by atoms with E-state index in [-0.39, 0.29) is 5.38 Å². The quantitative estimate of drug-likeness (QED) is 0.773. The Bertz CT molecular complexity index is 315. The van der Waals surface area contributed by atoms with Crippen LogP contribution in [0.2, 0.25) is 0 Å². The van der Waals surface area contributed by atoms with Crippen LogP contribution in [0.15, 0.2) is 24.3 Å². The van der Waals surface area contributed by atoms with Crippen molar-refractivity contribution in [2.45, 2.75) is 38.2 Å². The predicted molar refractivity (Wildman–Crippen MR) is 69.2 cm³/mol. The highest BCUT2D eigenvalue weighted by Crippen LogP contribution is 2.17. The average molecular weight is 242 g/mol. The second-order valence-corrected chi connectivity index (χ2v) is 4.86. The number of nitrogens with one attached hydrogen (secondary N) is 1. The fourth-order valence-electron chi connectivity index (χ4n) is 1.70. The van der Waals surface area contributed by atoms with E-state index in [2.05, 4.69) is 18.3 Å². The molecule has 1 rings (SSSR count). The molecule has 0 bridgehead atoms. The Morgan fingerprint density at radius 1 is 1.31 bits per heavy atom. The largest absolute Gasteiger partial charge is 0.496 e. The minimum absolute atomic E-state index is 0.208. The molecule has 0 aliphatic rings. The van der Waals surface area contributed by atoms with Gasteiger partial charge < -0.3 is 10.1 Å². The highest BCUT2D eigenvalue weighted by molar-refractivity contribution is 6.20. The summed E-state index contributed by atoms with van der Waals surface area (Å²) < 4.78 is 5.29. The van der Waals surface area contributed by atoms with Crippen LogP contribution in [0.3, 0.4) is 0 Å². The molecule has 0 heterocycles. The van der Waals surface area contributed by atoms with Crippen molar-refractivity contribution in [3.63, 3.8) is 0 Å². The average Bonchev–Trinajstić information content (AvgIpc) is 2.26. The van der Waals surface area contributed by atoms with Crippen LogP contribution >= 0.6 is 11.6 Å². The summed E-state index contributed by atoms with van der Waals surface area (Å²) in [6.45, 7) is 4.98. The first-order valence-corrected chi connectivity index (χ1v) is 6.06. The van der Waals surface area contributed by atoms with Crippen molar-refractivity contribution in [1.82, 2.24) is 5.32 Å². The number of hydrogen-bond donors (Lipinski definition) is 1. The Hall–Kier alpha value is -0.730. The van der Waals surface area contributed by atoms with E-state index < -0.39 is 0 Å². The highest BCUT2D eigenvalue weighted by Gasteiger charge is 2.07. The normalized spacial score (nSPS) is 14.5. The molecule has 2 atom stereocenters. The number of alkyl halides is 1. The molecule has 0 fully saturated rings. The SMILES string of the molecule is COc1ccccc1CNC(C)CC(C)Cl. The van der Waals surface area contributed by atoms with Crippen molar-refractivity contribution in [2.75, 3.05) is 7.11 Å². The van der Waals surface area contributed by atoms with E-state index in [1.54, 1.807) is 7.11 Å². The summed E-state index contributed by atoms with van der Waals surface area (Å²) in [5, 5.41) is 3.65. The van der Waals surface area contributed by atoms with Gasteiger partial charge in [-0.2, -0.15) is 0 Å². The van der Waals surface area contributed by atoms with E-state index in [4.69, 9.17) is 16.3 Å². The van der Waals surface area contributed by atoms with E-state index >= 15 is 0 Å². The van der Waals surface area contributed by atoms with Gasteiger partial charge in [0.1, 0.15) is 5.75 Å². The summed E-state index contributed by atoms with van der Waals surface area (Å²) in [4.78, 5) is 0. The molecule has 1 N–H and O–H groups in total. The molecule has 0 aliphatic heterocycles. The number of rotatable bonds is 6. The fraction of sp³-hybridized carbons (Fsp3) is 0.538. The molecule has 2 nitrogen and oxygen atoms in total. The maximum Gasteiger partial charge on any atom is 0.123 e. The summed E-state index contributed by atoms with van der Waals surface area (Å²) in [6.07, 6.45) is 0.969. The van der Waals surface area contributed by atoms with Gasteiger partial charge in [0.2, 0.25) is 0 Å². The lowest BCUT2D eigenvalue weighted by Crippen LogP contribution is -2.27. The molecular formula is C13H20ClNO. The highest BCUT2D eigenvalue weighted by atomic mass is 35.5. The Morgan fingerprint density at radius 2 is 2.00 bits per heavy atom. The van der Waals surface area contributed by atoms with Crippen LogP contribution in [0.1, 0.15) is 25.8 Å². The van der Waals surface area contributed by atoms with Crippen LogP contribution in [0.4, 0.5) is 0 Å². The molecule has 16 heavy (non-hydrogen) atoms. The standard InChI is InChI=1S/C13H20ClNO/c1-10(14)8-11(2)15-9-12-6-4-5-7-13(12)16-3/h4-7,10-11,15H,8-9H2,1-3H3. The Labute approximate surface area is 103 Å². The molecule has 1 aromatic rings. The van der Waals surface area contributed by atoms with Gasteiger partial charge in [0.05, 0.1) is 7.11 Å². The molecule has 0 spiro atoms. The van der Waals surface area contributed by atoms with E-state index in [1.165, 1.54) is 5.56 Å². The minimum Gasteiger partial charge on any atom is -0.496 e. The van der Waals surface area contributed by atoms with Crippen molar-refractivity contribution in [3.05, 3.63) is 29.8 Å². The molecule has 0 saturated heterocycles. The molecular weight excluding hydrogens is 222 g/mol. The fourth-order valence-corrected chi connectivity index (χ4v) is 1.97. The van der Waals surface area contributed by atoms with Crippen LogP contribution in [0, 0.1) is 0 Å². The van der Waals surface area contributed by atoms with Crippen molar-refractivity contribution in [1.29, 1.82) is 0 Å². The lowest BCUT2D eigenvalue weighted by atomic mass is 10.1. The van der Waals surface area contributed by atoms with Gasteiger partial charge in [-0.3, -0.25) is 0 Å². The maximum atomic E-state index is 5.95. The molecule has 3 heteroatoms. The zero-order chi connectivity index (χ0) is 12.0. The monoisotopic (exact) mass is 241 g/mol. The molecule has 0 saturated carbocycles. The molecule has 0 aliphatic carbocycles. The number of methoxy groups -OCH3 is 1. The minimum atomic E-state index is 0.208. The number of ether oxygens (including phenoxy) is 1. The second kappa shape index (κ2) is 6.77. The molecule has 0 amide bonds. The van der Waals surface area contributed by atoms with Crippen molar-refractivity contribution < 1.29 is 4.74 Å². The van der Waals surface area contributed by atoms with Gasteiger partial charge in [-0.15, -0.1) is 11.6 Å². The first-order valence-electron chi connectivity index (χ1n) is 5.62. The number of benzene rings is 1. The van der Waals surface area contributed by atoms with E-state index in [1.807, 2.05) is 25.1 Å². The number of hydrogen-bond acceptors (Lipinski definition) is 2. The van der Waals surface area contributed by atoms with Crippen LogP contribution in [0.5, 0.6) is 5.75 Å². The number of para-hydroxylation sites is 1. The van der Waals surface area contributed by atoms with E-state index in [0.717, 1.165) is 18.7 Å². The summed E-state index contributed by atoms with van der Waals surface area (Å²) in [5.41, 5.74) is 1.18. The van der Waals surface area contributed by atoms with Gasteiger partial charge in [-0.25, -0.2) is 0 Å². The first-order chi connectivity index (χ1) is 7.63. The zero-order valence-electron chi connectivity index (χ0n) is 10.2. The smallest absolute Gasteiger partial charge is 0.123 e. The van der Waals surface area contributed by atoms with E-state index in [0.29, 0.717) is 6.04 Å². The van der Waals surface area contributed by atoms with Gasteiger partial charge in [-0.1, -0.05) is 18.2 Å². The third-order valence-electron chi connectivity index (χ3n) is 2.51. The third kappa shape index (κ3) is 4.42. The topological polar surface area (TPSA) is 21.3 Å². The molecule has 90 valence electrons. The molecule has 2 unspecified atom stereocenters. The van der Waals surface area contributed by atoms with E-state index in [9.17, 15) is 0 Å². The van der Waals surface area contributed by atoms with Crippen molar-refractivity contribution >= 4 is 11.6 Å². The van der Waals surface area contributed by atoms with Crippen LogP contribution in [-0.2, 0) is 6.54 Å². The molecule has 1 aromatic carbocycles. The van der Waals surface area contributed by atoms with Crippen molar-refractivity contribution in [3.8, 4) is 5.75 Å². The van der Waals surface area contributed by atoms with Gasteiger partial charge in [0.25, 0.3) is 0 Å². The third-order valence-corrected chi connectivity index (χ3v) is 2.69. The van der Waals surface area contributed by atoms with Gasteiger partial charge in [0.15, 0.2) is 0 Å². The summed E-state index contributed by atoms with van der Waals surface area (Å²) in [7, 11) is 1.70. The summed E-state index contributed by atoms with van der Waals surface area (Å²) in [5.74, 6) is 0.932. The van der Waals surface area contributed by atoms with Crippen LogP contribution < -0.4 is 10.1 Å². The zero-order valence-corrected chi connectivity index (χ0v) is 10.9. The Balaban J connectivity index is 2.47. The van der Waals surface area contributed by atoms with Crippen LogP contribution in [-0.4, -0.2) is 18.5 Å². The molecule has 0 radical (unpaired) electrons. The second-order valence-electron chi connectivity index (χ2n) is 4.11. The number of halogens is 1. The van der Waals surface area contributed by atoms with Crippen molar-refractivity contribution in [2.24, 2.45) is 0 Å². The Kier molecular flexibility index (Phi) is 5.64. The van der Waals surface area contributed by atoms with Gasteiger partial charge in [0, 0.05) is 23.5 Å². The van der Waals surface area contributed by atoms with Gasteiger partial charge >= 0.3 is 0 Å². The predicted octanol–water partition coefficient (Wildman–Crippen LogP) is 3.19. The molecule has 0 aromatic heterocycles.